The van der Waals surface area contributed by atoms with Crippen molar-refractivity contribution in [2.75, 3.05) is 17.7 Å². The Morgan fingerprint density at radius 1 is 1.39 bits per heavy atom. The van der Waals surface area contributed by atoms with Crippen molar-refractivity contribution in [3.05, 3.63) is 11.8 Å². The highest BCUT2D eigenvalue weighted by Crippen LogP contribution is 2.36. The van der Waals surface area contributed by atoms with Gasteiger partial charge in [0.15, 0.2) is 5.69 Å². The monoisotopic (exact) mass is 260 g/mol. The maximum absolute atomic E-state index is 12.6. The van der Waals surface area contributed by atoms with Crippen molar-refractivity contribution in [1.29, 1.82) is 0 Å². The number of nitrogens with zero attached hydrogens (tertiary/aromatic N) is 2. The van der Waals surface area contributed by atoms with Crippen LogP contribution in [0.2, 0.25) is 0 Å². The Bertz CT molecular complexity index is 433. The molecule has 1 heterocycles. The number of aromatic nitrogens is 2. The molecule has 0 aliphatic heterocycles. The summed E-state index contributed by atoms with van der Waals surface area (Å²) in [5, 5.41) is 5.55. The molecule has 1 aliphatic rings. The zero-order chi connectivity index (χ0) is 13.3. The predicted molar refractivity (Wildman–Crippen MR) is 62.4 cm³/mol. The van der Waals surface area contributed by atoms with E-state index >= 15 is 0 Å². The van der Waals surface area contributed by atoms with Gasteiger partial charge in [-0.2, -0.15) is 18.2 Å². The molecule has 0 radical (unpaired) electrons. The number of hydrogen-bond acceptors (Lipinski definition) is 4. The van der Waals surface area contributed by atoms with Crippen LogP contribution in [0.5, 0.6) is 0 Å². The fourth-order valence-electron chi connectivity index (χ4n) is 1.84. The molecular weight excluding hydrogens is 245 g/mol. The van der Waals surface area contributed by atoms with Crippen molar-refractivity contribution < 1.29 is 13.2 Å². The standard InChI is InChI=1S/C11H15F3N4/c1-3-6-4-7(6)16-9-5-8(11(12,13)14)17-10(15-2)18-9/h5-7H,3-4H2,1-2H3,(H2,15,16,17,18). The minimum atomic E-state index is -4.46. The molecule has 7 heteroatoms. The summed E-state index contributed by atoms with van der Waals surface area (Å²) >= 11 is 0. The summed E-state index contributed by atoms with van der Waals surface area (Å²) in [5.74, 6) is 0.732. The van der Waals surface area contributed by atoms with Crippen molar-refractivity contribution in [1.82, 2.24) is 9.97 Å². The molecule has 0 amide bonds. The molecule has 0 aromatic carbocycles. The number of rotatable bonds is 4. The zero-order valence-corrected chi connectivity index (χ0v) is 10.2. The van der Waals surface area contributed by atoms with Crippen molar-refractivity contribution >= 4 is 11.8 Å². The molecule has 2 rings (SSSR count). The average Bonchev–Trinajstić information content (AvgIpc) is 3.06. The fraction of sp³-hybridized carbons (Fsp3) is 0.636. The Hall–Kier alpha value is -1.53. The molecule has 1 aromatic rings. The van der Waals surface area contributed by atoms with Gasteiger partial charge in [0.1, 0.15) is 5.82 Å². The lowest BCUT2D eigenvalue weighted by Gasteiger charge is -2.11. The normalized spacial score (nSPS) is 22.7. The third-order valence-corrected chi connectivity index (χ3v) is 3.02. The highest BCUT2D eigenvalue weighted by molar-refractivity contribution is 5.44. The van der Waals surface area contributed by atoms with Crippen LogP contribution in [0.3, 0.4) is 0 Å². The van der Waals surface area contributed by atoms with Crippen LogP contribution in [0.25, 0.3) is 0 Å². The van der Waals surface area contributed by atoms with Crippen LogP contribution in [-0.2, 0) is 6.18 Å². The molecule has 0 bridgehead atoms. The van der Waals surface area contributed by atoms with Gasteiger partial charge in [-0.25, -0.2) is 4.98 Å². The van der Waals surface area contributed by atoms with Gasteiger partial charge in [0.05, 0.1) is 0 Å². The van der Waals surface area contributed by atoms with Gasteiger partial charge in [0.25, 0.3) is 0 Å². The van der Waals surface area contributed by atoms with Gasteiger partial charge in [-0.05, 0) is 12.3 Å². The first-order chi connectivity index (χ1) is 8.44. The Morgan fingerprint density at radius 2 is 2.11 bits per heavy atom. The van der Waals surface area contributed by atoms with Crippen LogP contribution >= 0.6 is 0 Å². The molecule has 100 valence electrons. The van der Waals surface area contributed by atoms with Crippen molar-refractivity contribution in [2.45, 2.75) is 32.0 Å². The average molecular weight is 260 g/mol. The van der Waals surface area contributed by atoms with E-state index in [0.717, 1.165) is 18.9 Å². The summed E-state index contributed by atoms with van der Waals surface area (Å²) < 4.78 is 37.9. The quantitative estimate of drug-likeness (QED) is 0.874. The van der Waals surface area contributed by atoms with Crippen molar-refractivity contribution in [3.63, 3.8) is 0 Å². The van der Waals surface area contributed by atoms with Gasteiger partial charge in [-0.15, -0.1) is 0 Å². The molecule has 0 spiro atoms. The first-order valence-corrected chi connectivity index (χ1v) is 5.84. The number of anilines is 2. The summed E-state index contributed by atoms with van der Waals surface area (Å²) in [5.41, 5.74) is -0.932. The predicted octanol–water partition coefficient (Wildman–Crippen LogP) is 2.75. The van der Waals surface area contributed by atoms with Gasteiger partial charge in [-0.3, -0.25) is 0 Å². The summed E-state index contributed by atoms with van der Waals surface area (Å²) in [6, 6.07) is 1.18. The number of nitrogens with one attached hydrogen (secondary N) is 2. The Labute approximate surface area is 103 Å². The van der Waals surface area contributed by atoms with Crippen LogP contribution in [0.15, 0.2) is 6.07 Å². The van der Waals surface area contributed by atoms with E-state index in [9.17, 15) is 13.2 Å². The second-order valence-corrected chi connectivity index (χ2v) is 4.36. The van der Waals surface area contributed by atoms with Crippen LogP contribution < -0.4 is 10.6 Å². The number of alkyl halides is 3. The van der Waals surface area contributed by atoms with E-state index in [0.29, 0.717) is 5.92 Å². The van der Waals surface area contributed by atoms with Crippen molar-refractivity contribution in [3.8, 4) is 0 Å². The number of hydrogen-bond donors (Lipinski definition) is 2. The summed E-state index contributed by atoms with van der Waals surface area (Å²) in [6.45, 7) is 2.06. The van der Waals surface area contributed by atoms with Crippen molar-refractivity contribution in [2.24, 2.45) is 5.92 Å². The van der Waals surface area contributed by atoms with Gasteiger partial charge in [0.2, 0.25) is 5.95 Å². The highest BCUT2D eigenvalue weighted by Gasteiger charge is 2.37. The third-order valence-electron chi connectivity index (χ3n) is 3.02. The van der Waals surface area contributed by atoms with E-state index in [1.54, 1.807) is 0 Å². The van der Waals surface area contributed by atoms with Gasteiger partial charge in [-0.1, -0.05) is 13.3 Å². The molecule has 1 saturated carbocycles. The first-order valence-electron chi connectivity index (χ1n) is 5.84. The third kappa shape index (κ3) is 2.83. The molecule has 2 N–H and O–H groups in total. The van der Waals surface area contributed by atoms with Crippen LogP contribution in [0.1, 0.15) is 25.5 Å². The maximum Gasteiger partial charge on any atom is 0.433 e. The summed E-state index contributed by atoms with van der Waals surface area (Å²) in [4.78, 5) is 7.38. The molecule has 2 unspecified atom stereocenters. The van der Waals surface area contributed by atoms with Gasteiger partial charge < -0.3 is 10.6 Å². The molecule has 2 atom stereocenters. The Morgan fingerprint density at radius 3 is 2.61 bits per heavy atom. The van der Waals surface area contributed by atoms with E-state index in [4.69, 9.17) is 0 Å². The fourth-order valence-corrected chi connectivity index (χ4v) is 1.84. The van der Waals surface area contributed by atoms with Crippen LogP contribution in [0.4, 0.5) is 24.9 Å². The zero-order valence-electron chi connectivity index (χ0n) is 10.2. The molecule has 1 fully saturated rings. The maximum atomic E-state index is 12.6. The lowest BCUT2D eigenvalue weighted by Crippen LogP contribution is -2.14. The smallest absolute Gasteiger partial charge is 0.367 e. The molecule has 1 aliphatic carbocycles. The van der Waals surface area contributed by atoms with Gasteiger partial charge in [0, 0.05) is 19.2 Å². The Balaban J connectivity index is 2.19. The van der Waals surface area contributed by atoms with Crippen LogP contribution in [-0.4, -0.2) is 23.1 Å². The van der Waals surface area contributed by atoms with E-state index in [-0.39, 0.29) is 17.8 Å². The molecule has 18 heavy (non-hydrogen) atoms. The second kappa shape index (κ2) is 4.62. The molecule has 1 aromatic heterocycles. The molecule has 4 nitrogen and oxygen atoms in total. The minimum Gasteiger partial charge on any atom is -0.367 e. The van der Waals surface area contributed by atoms with E-state index in [1.165, 1.54) is 7.05 Å². The topological polar surface area (TPSA) is 49.8 Å². The van der Waals surface area contributed by atoms with Gasteiger partial charge >= 0.3 is 6.18 Å². The van der Waals surface area contributed by atoms with Crippen LogP contribution in [0, 0.1) is 5.92 Å². The van der Waals surface area contributed by atoms with E-state index in [2.05, 4.69) is 27.5 Å². The molecular formula is C11H15F3N4. The second-order valence-electron chi connectivity index (χ2n) is 4.36. The van der Waals surface area contributed by atoms with E-state index < -0.39 is 11.9 Å². The highest BCUT2D eigenvalue weighted by atomic mass is 19.4. The Kier molecular flexibility index (Phi) is 3.32. The lowest BCUT2D eigenvalue weighted by molar-refractivity contribution is -0.141. The lowest BCUT2D eigenvalue weighted by atomic mass is 10.3. The number of halogens is 3. The minimum absolute atomic E-state index is 0.0268. The summed E-state index contributed by atoms with van der Waals surface area (Å²) in [6.07, 6.45) is -2.46. The largest absolute Gasteiger partial charge is 0.433 e. The molecule has 0 saturated heterocycles. The van der Waals surface area contributed by atoms with E-state index in [1.807, 2.05) is 0 Å². The summed E-state index contributed by atoms with van der Waals surface area (Å²) in [7, 11) is 1.49. The first kappa shape index (κ1) is 12.9. The SMILES string of the molecule is CCC1CC1Nc1cc(C(F)(F)F)nc(NC)n1.